The second-order valence-electron chi connectivity index (χ2n) is 7.43. The standard InChI is InChI=1S/C21H25N3O3S/c1-15-4-6-16(7-5-15)19-22-18(14-28-19)21(26)24-8-2-3-17(13-24)20(25)23-9-11-27-12-10-23/h4-7,14,17H,2-3,8-13H2,1H3. The van der Waals surface area contributed by atoms with E-state index in [0.717, 1.165) is 23.4 Å². The average molecular weight is 400 g/mol. The Kier molecular flexibility index (Phi) is 5.73. The van der Waals surface area contributed by atoms with Crippen LogP contribution in [0.25, 0.3) is 10.6 Å². The Morgan fingerprint density at radius 3 is 2.61 bits per heavy atom. The molecule has 2 saturated heterocycles. The number of nitrogens with zero attached hydrogens (tertiary/aromatic N) is 3. The van der Waals surface area contributed by atoms with E-state index in [0.29, 0.717) is 45.1 Å². The van der Waals surface area contributed by atoms with Crippen molar-refractivity contribution in [2.24, 2.45) is 5.92 Å². The van der Waals surface area contributed by atoms with E-state index >= 15 is 0 Å². The zero-order valence-electron chi connectivity index (χ0n) is 16.1. The summed E-state index contributed by atoms with van der Waals surface area (Å²) in [5, 5.41) is 2.67. The van der Waals surface area contributed by atoms with Crippen LogP contribution in [0.5, 0.6) is 0 Å². The molecule has 0 saturated carbocycles. The number of aromatic nitrogens is 1. The van der Waals surface area contributed by atoms with E-state index < -0.39 is 0 Å². The molecule has 2 fully saturated rings. The number of thiazole rings is 1. The zero-order chi connectivity index (χ0) is 19.5. The monoisotopic (exact) mass is 399 g/mol. The van der Waals surface area contributed by atoms with Gasteiger partial charge in [0.1, 0.15) is 10.7 Å². The Hall–Kier alpha value is -2.25. The summed E-state index contributed by atoms with van der Waals surface area (Å²) < 4.78 is 5.33. The first kappa shape index (κ1) is 19.1. The van der Waals surface area contributed by atoms with E-state index in [4.69, 9.17) is 4.74 Å². The molecule has 1 atom stereocenters. The molecular formula is C21H25N3O3S. The van der Waals surface area contributed by atoms with Crippen molar-refractivity contribution < 1.29 is 14.3 Å². The van der Waals surface area contributed by atoms with Gasteiger partial charge in [0.05, 0.1) is 19.1 Å². The Bertz CT molecular complexity index is 843. The van der Waals surface area contributed by atoms with Gasteiger partial charge in [-0.3, -0.25) is 9.59 Å². The van der Waals surface area contributed by atoms with Crippen molar-refractivity contribution in [3.8, 4) is 10.6 Å². The van der Waals surface area contributed by atoms with Crippen LogP contribution in [-0.4, -0.2) is 66.0 Å². The number of aryl methyl sites for hydroxylation is 1. The van der Waals surface area contributed by atoms with E-state index in [2.05, 4.69) is 4.98 Å². The van der Waals surface area contributed by atoms with Gasteiger partial charge in [-0.1, -0.05) is 29.8 Å². The van der Waals surface area contributed by atoms with Gasteiger partial charge in [-0.2, -0.15) is 0 Å². The molecule has 2 aromatic rings. The quantitative estimate of drug-likeness (QED) is 0.796. The highest BCUT2D eigenvalue weighted by molar-refractivity contribution is 7.13. The lowest BCUT2D eigenvalue weighted by atomic mass is 9.96. The van der Waals surface area contributed by atoms with Crippen molar-refractivity contribution in [2.75, 3.05) is 39.4 Å². The molecule has 148 valence electrons. The van der Waals surface area contributed by atoms with Gasteiger partial charge >= 0.3 is 0 Å². The van der Waals surface area contributed by atoms with Crippen LogP contribution in [0.1, 0.15) is 28.9 Å². The Morgan fingerprint density at radius 2 is 1.86 bits per heavy atom. The molecule has 1 aromatic carbocycles. The normalized spacial score (nSPS) is 20.2. The van der Waals surface area contributed by atoms with E-state index in [9.17, 15) is 9.59 Å². The molecule has 1 aromatic heterocycles. The van der Waals surface area contributed by atoms with E-state index in [1.807, 2.05) is 41.5 Å². The van der Waals surface area contributed by atoms with Gasteiger partial charge in [-0.25, -0.2) is 4.98 Å². The van der Waals surface area contributed by atoms with Gasteiger partial charge in [0, 0.05) is 37.1 Å². The number of hydrogen-bond acceptors (Lipinski definition) is 5. The maximum Gasteiger partial charge on any atom is 0.273 e. The highest BCUT2D eigenvalue weighted by Gasteiger charge is 2.32. The number of hydrogen-bond donors (Lipinski definition) is 0. The molecule has 0 spiro atoms. The molecule has 0 bridgehead atoms. The lowest BCUT2D eigenvalue weighted by Crippen LogP contribution is -2.49. The number of likely N-dealkylation sites (tertiary alicyclic amines) is 1. The third-order valence-electron chi connectivity index (χ3n) is 5.40. The first-order chi connectivity index (χ1) is 13.6. The zero-order valence-corrected chi connectivity index (χ0v) is 16.9. The smallest absolute Gasteiger partial charge is 0.273 e. The van der Waals surface area contributed by atoms with Crippen LogP contribution in [0.2, 0.25) is 0 Å². The van der Waals surface area contributed by atoms with Gasteiger partial charge in [0.15, 0.2) is 0 Å². The van der Waals surface area contributed by atoms with Crippen molar-refractivity contribution in [1.82, 2.24) is 14.8 Å². The minimum Gasteiger partial charge on any atom is -0.378 e. The highest BCUT2D eigenvalue weighted by atomic mass is 32.1. The van der Waals surface area contributed by atoms with E-state index in [-0.39, 0.29) is 17.7 Å². The molecule has 2 amide bonds. The van der Waals surface area contributed by atoms with Gasteiger partial charge in [0.2, 0.25) is 5.91 Å². The van der Waals surface area contributed by atoms with Crippen molar-refractivity contribution >= 4 is 23.2 Å². The van der Waals surface area contributed by atoms with E-state index in [1.54, 1.807) is 4.90 Å². The third kappa shape index (κ3) is 4.10. The lowest BCUT2D eigenvalue weighted by Gasteiger charge is -2.36. The molecule has 4 rings (SSSR count). The maximum atomic E-state index is 13.0. The van der Waals surface area contributed by atoms with Crippen LogP contribution in [-0.2, 0) is 9.53 Å². The number of rotatable bonds is 3. The number of carbonyl (C=O) groups excluding carboxylic acids is 2. The van der Waals surface area contributed by atoms with Crippen LogP contribution in [0.4, 0.5) is 0 Å². The molecule has 28 heavy (non-hydrogen) atoms. The topological polar surface area (TPSA) is 62.7 Å². The highest BCUT2D eigenvalue weighted by Crippen LogP contribution is 2.26. The van der Waals surface area contributed by atoms with Crippen molar-refractivity contribution in [1.29, 1.82) is 0 Å². The van der Waals surface area contributed by atoms with Crippen LogP contribution in [0.15, 0.2) is 29.6 Å². The van der Waals surface area contributed by atoms with Gasteiger partial charge in [-0.05, 0) is 19.8 Å². The molecule has 1 unspecified atom stereocenters. The van der Waals surface area contributed by atoms with Crippen molar-refractivity contribution in [2.45, 2.75) is 19.8 Å². The van der Waals surface area contributed by atoms with Gasteiger partial charge in [-0.15, -0.1) is 11.3 Å². The molecular weight excluding hydrogens is 374 g/mol. The number of carbonyl (C=O) groups is 2. The predicted octanol–water partition coefficient (Wildman–Crippen LogP) is 2.83. The fourth-order valence-electron chi connectivity index (χ4n) is 3.77. The lowest BCUT2D eigenvalue weighted by molar-refractivity contribution is -0.141. The molecule has 3 heterocycles. The fourth-order valence-corrected chi connectivity index (χ4v) is 4.57. The molecule has 0 radical (unpaired) electrons. The molecule has 2 aliphatic heterocycles. The predicted molar refractivity (Wildman–Crippen MR) is 108 cm³/mol. The summed E-state index contributed by atoms with van der Waals surface area (Å²) in [6.45, 7) is 5.70. The summed E-state index contributed by atoms with van der Waals surface area (Å²) >= 11 is 1.48. The first-order valence-corrected chi connectivity index (χ1v) is 10.7. The second kappa shape index (κ2) is 8.41. The fraction of sp³-hybridized carbons (Fsp3) is 0.476. The van der Waals surface area contributed by atoms with Crippen LogP contribution >= 0.6 is 11.3 Å². The summed E-state index contributed by atoms with van der Waals surface area (Å²) in [5.41, 5.74) is 2.69. The SMILES string of the molecule is Cc1ccc(-c2nc(C(=O)N3CCCC(C(=O)N4CCOCC4)C3)cs2)cc1. The van der Waals surface area contributed by atoms with Crippen LogP contribution < -0.4 is 0 Å². The van der Waals surface area contributed by atoms with Crippen molar-refractivity contribution in [3.05, 3.63) is 40.9 Å². The minimum absolute atomic E-state index is 0.0749. The van der Waals surface area contributed by atoms with E-state index in [1.165, 1.54) is 16.9 Å². The summed E-state index contributed by atoms with van der Waals surface area (Å²) in [4.78, 5) is 34.0. The molecule has 6 nitrogen and oxygen atoms in total. The largest absolute Gasteiger partial charge is 0.378 e. The van der Waals surface area contributed by atoms with Crippen LogP contribution in [0, 0.1) is 12.8 Å². The molecule has 0 N–H and O–H groups in total. The van der Waals surface area contributed by atoms with Crippen LogP contribution in [0.3, 0.4) is 0 Å². The first-order valence-electron chi connectivity index (χ1n) is 9.80. The third-order valence-corrected chi connectivity index (χ3v) is 6.29. The average Bonchev–Trinajstić information content (AvgIpc) is 3.24. The van der Waals surface area contributed by atoms with Gasteiger partial charge < -0.3 is 14.5 Å². The number of piperidine rings is 1. The number of amides is 2. The Morgan fingerprint density at radius 1 is 1.11 bits per heavy atom. The second-order valence-corrected chi connectivity index (χ2v) is 8.29. The maximum absolute atomic E-state index is 13.0. The molecule has 7 heteroatoms. The summed E-state index contributed by atoms with van der Waals surface area (Å²) in [6, 6.07) is 8.15. The minimum atomic E-state index is -0.119. The number of benzene rings is 1. The Balaban J connectivity index is 1.43. The Labute approximate surface area is 169 Å². The number of ether oxygens (including phenoxy) is 1. The summed E-state index contributed by atoms with van der Waals surface area (Å²) in [6.07, 6.45) is 1.69. The van der Waals surface area contributed by atoms with Gasteiger partial charge in [0.25, 0.3) is 5.91 Å². The van der Waals surface area contributed by atoms with Crippen molar-refractivity contribution in [3.63, 3.8) is 0 Å². The summed E-state index contributed by atoms with van der Waals surface area (Å²) in [5.74, 6) is -0.0421. The number of morpholine rings is 1. The molecule has 0 aliphatic carbocycles. The molecule has 2 aliphatic rings. The summed E-state index contributed by atoms with van der Waals surface area (Å²) in [7, 11) is 0.